The lowest BCUT2D eigenvalue weighted by molar-refractivity contribution is -0.119. The lowest BCUT2D eigenvalue weighted by atomic mass is 9.92. The van der Waals surface area contributed by atoms with Crippen molar-refractivity contribution in [2.45, 2.75) is 65.3 Å². The molecule has 3 aromatic rings. The molecule has 0 radical (unpaired) electrons. The molecule has 4 rings (SSSR count). The van der Waals surface area contributed by atoms with Crippen molar-refractivity contribution in [3.05, 3.63) is 53.2 Å². The molecule has 1 aromatic heterocycles. The summed E-state index contributed by atoms with van der Waals surface area (Å²) in [5.74, 6) is 0.889. The summed E-state index contributed by atoms with van der Waals surface area (Å²) in [4.78, 5) is 28.5. The van der Waals surface area contributed by atoms with Gasteiger partial charge in [0, 0.05) is 35.7 Å². The monoisotopic (exact) mass is 463 g/mol. The third-order valence-corrected chi connectivity index (χ3v) is 6.11. The van der Waals surface area contributed by atoms with Gasteiger partial charge in [0.05, 0.1) is 11.4 Å². The van der Waals surface area contributed by atoms with E-state index in [9.17, 15) is 9.59 Å². The number of hydrogen-bond acceptors (Lipinski definition) is 4. The highest BCUT2D eigenvalue weighted by Gasteiger charge is 2.24. The number of anilines is 1. The van der Waals surface area contributed by atoms with E-state index in [1.807, 2.05) is 30.3 Å². The maximum Gasteiger partial charge on any atom is 0.231 e. The highest BCUT2D eigenvalue weighted by molar-refractivity contribution is 5.98. The number of aromatic nitrogens is 1. The summed E-state index contributed by atoms with van der Waals surface area (Å²) < 4.78 is 10.9. The molecule has 2 heterocycles. The first kappa shape index (κ1) is 23.7. The molecule has 2 amide bonds. The fraction of sp³-hybridized carbons (Fsp3) is 0.407. The van der Waals surface area contributed by atoms with Crippen molar-refractivity contribution >= 4 is 28.4 Å². The van der Waals surface area contributed by atoms with Gasteiger partial charge in [-0.05, 0) is 47.9 Å². The number of ether oxygens (including phenoxy) is 2. The van der Waals surface area contributed by atoms with E-state index >= 15 is 0 Å². The molecule has 0 fully saturated rings. The van der Waals surface area contributed by atoms with E-state index < -0.39 is 0 Å². The standard InChI is InChI=1S/C27H33N3O4/c1-6-7-21(17-8-9-22-23(12-17)34-15-33-22)26(32)29-20-10-18-13-24(27(3,4)5)30-25(18)19(11-20)14-28-16(2)31/h8-13,21,30H,6-7,14-15H2,1-5H3,(H,28,31)(H,29,32). The number of benzene rings is 2. The zero-order chi connectivity index (χ0) is 24.5. The molecule has 1 aliphatic rings. The van der Waals surface area contributed by atoms with Crippen LogP contribution in [0.3, 0.4) is 0 Å². The molecule has 180 valence electrons. The molecule has 34 heavy (non-hydrogen) atoms. The van der Waals surface area contributed by atoms with Gasteiger partial charge in [0.2, 0.25) is 18.6 Å². The number of H-pyrrole nitrogens is 1. The number of amides is 2. The Balaban J connectivity index is 1.66. The van der Waals surface area contributed by atoms with E-state index in [0.29, 0.717) is 30.2 Å². The number of carbonyl (C=O) groups is 2. The van der Waals surface area contributed by atoms with E-state index in [-0.39, 0.29) is 29.9 Å². The van der Waals surface area contributed by atoms with Crippen LogP contribution in [0.4, 0.5) is 5.69 Å². The van der Waals surface area contributed by atoms with Crippen LogP contribution in [-0.2, 0) is 21.5 Å². The Morgan fingerprint density at radius 1 is 1.09 bits per heavy atom. The minimum absolute atomic E-state index is 0.0563. The molecular formula is C27H33N3O4. The molecule has 0 spiro atoms. The molecule has 7 nitrogen and oxygen atoms in total. The van der Waals surface area contributed by atoms with Crippen LogP contribution in [0.5, 0.6) is 11.5 Å². The van der Waals surface area contributed by atoms with Crippen LogP contribution < -0.4 is 20.1 Å². The quantitative estimate of drug-likeness (QED) is 0.440. The van der Waals surface area contributed by atoms with Crippen LogP contribution in [0.25, 0.3) is 10.9 Å². The largest absolute Gasteiger partial charge is 0.454 e. The van der Waals surface area contributed by atoms with Crippen LogP contribution in [-0.4, -0.2) is 23.6 Å². The molecule has 0 bridgehead atoms. The predicted molar refractivity (Wildman–Crippen MR) is 133 cm³/mol. The highest BCUT2D eigenvalue weighted by Crippen LogP contribution is 2.36. The van der Waals surface area contributed by atoms with Crippen LogP contribution >= 0.6 is 0 Å². The molecule has 1 unspecified atom stereocenters. The Morgan fingerprint density at radius 3 is 2.56 bits per heavy atom. The van der Waals surface area contributed by atoms with Gasteiger partial charge in [-0.1, -0.05) is 40.2 Å². The lowest BCUT2D eigenvalue weighted by Crippen LogP contribution is -2.22. The number of fused-ring (bicyclic) bond motifs is 2. The Labute approximate surface area is 200 Å². The van der Waals surface area contributed by atoms with Crippen LogP contribution in [0.1, 0.15) is 70.2 Å². The highest BCUT2D eigenvalue weighted by atomic mass is 16.7. The van der Waals surface area contributed by atoms with Gasteiger partial charge in [0.1, 0.15) is 0 Å². The van der Waals surface area contributed by atoms with Crippen molar-refractivity contribution in [1.82, 2.24) is 10.3 Å². The first-order chi connectivity index (χ1) is 16.2. The summed E-state index contributed by atoms with van der Waals surface area (Å²) >= 11 is 0. The topological polar surface area (TPSA) is 92.5 Å². The molecular weight excluding hydrogens is 430 g/mol. The van der Waals surface area contributed by atoms with E-state index in [2.05, 4.69) is 49.4 Å². The van der Waals surface area contributed by atoms with Gasteiger partial charge >= 0.3 is 0 Å². The third kappa shape index (κ3) is 5.03. The van der Waals surface area contributed by atoms with Gasteiger partial charge in [-0.3, -0.25) is 9.59 Å². The first-order valence-corrected chi connectivity index (χ1v) is 11.8. The SMILES string of the molecule is CCCC(C(=O)Nc1cc(CNC(C)=O)c2[nH]c(C(C)(C)C)cc2c1)c1ccc2c(c1)OCO2. The lowest BCUT2D eigenvalue weighted by Gasteiger charge is -2.18. The van der Waals surface area contributed by atoms with Gasteiger partial charge in [0.15, 0.2) is 11.5 Å². The summed E-state index contributed by atoms with van der Waals surface area (Å²) in [5.41, 5.74) is 4.55. The second-order valence-corrected chi connectivity index (χ2v) is 9.89. The zero-order valence-electron chi connectivity index (χ0n) is 20.5. The van der Waals surface area contributed by atoms with Gasteiger partial charge in [0.25, 0.3) is 0 Å². The Morgan fingerprint density at radius 2 is 1.85 bits per heavy atom. The predicted octanol–water partition coefficient (Wildman–Crippen LogP) is 5.35. The summed E-state index contributed by atoms with van der Waals surface area (Å²) in [5, 5.41) is 7.00. The van der Waals surface area contributed by atoms with Crippen molar-refractivity contribution in [3.63, 3.8) is 0 Å². The van der Waals surface area contributed by atoms with Crippen molar-refractivity contribution in [1.29, 1.82) is 0 Å². The fourth-order valence-corrected chi connectivity index (χ4v) is 4.25. The van der Waals surface area contributed by atoms with Gasteiger partial charge < -0.3 is 25.1 Å². The van der Waals surface area contributed by atoms with Crippen molar-refractivity contribution in [2.75, 3.05) is 12.1 Å². The summed E-state index contributed by atoms with van der Waals surface area (Å²) in [6.45, 7) is 10.6. The summed E-state index contributed by atoms with van der Waals surface area (Å²) in [7, 11) is 0. The normalized spacial score (nSPS) is 13.7. The fourth-order valence-electron chi connectivity index (χ4n) is 4.25. The average Bonchev–Trinajstić information content (AvgIpc) is 3.42. The Bertz CT molecular complexity index is 1220. The molecule has 2 aromatic carbocycles. The van der Waals surface area contributed by atoms with Crippen LogP contribution in [0.15, 0.2) is 36.4 Å². The molecule has 7 heteroatoms. The van der Waals surface area contributed by atoms with Crippen molar-refractivity contribution in [2.24, 2.45) is 0 Å². The average molecular weight is 464 g/mol. The minimum Gasteiger partial charge on any atom is -0.454 e. The first-order valence-electron chi connectivity index (χ1n) is 11.8. The molecule has 1 atom stereocenters. The molecule has 0 saturated heterocycles. The van der Waals surface area contributed by atoms with Gasteiger partial charge in [-0.25, -0.2) is 0 Å². The van der Waals surface area contributed by atoms with Crippen molar-refractivity contribution in [3.8, 4) is 11.5 Å². The van der Waals surface area contributed by atoms with E-state index in [0.717, 1.165) is 34.1 Å². The van der Waals surface area contributed by atoms with E-state index in [4.69, 9.17) is 9.47 Å². The smallest absolute Gasteiger partial charge is 0.231 e. The molecule has 3 N–H and O–H groups in total. The van der Waals surface area contributed by atoms with E-state index in [1.165, 1.54) is 6.92 Å². The minimum atomic E-state index is -0.314. The molecule has 0 saturated carbocycles. The van der Waals surface area contributed by atoms with Crippen LogP contribution in [0.2, 0.25) is 0 Å². The summed E-state index contributed by atoms with van der Waals surface area (Å²) in [6.07, 6.45) is 1.58. The number of aromatic amines is 1. The number of hydrogen-bond donors (Lipinski definition) is 3. The summed E-state index contributed by atoms with van der Waals surface area (Å²) in [6, 6.07) is 11.7. The van der Waals surface area contributed by atoms with Gasteiger partial charge in [-0.2, -0.15) is 0 Å². The number of nitrogens with one attached hydrogen (secondary N) is 3. The molecule has 1 aliphatic heterocycles. The Kier molecular flexibility index (Phi) is 6.55. The Hall–Kier alpha value is -3.48. The number of rotatable bonds is 7. The number of carbonyl (C=O) groups excluding carboxylic acids is 2. The van der Waals surface area contributed by atoms with Gasteiger partial charge in [-0.15, -0.1) is 0 Å². The molecule has 0 aliphatic carbocycles. The van der Waals surface area contributed by atoms with E-state index in [1.54, 1.807) is 0 Å². The van der Waals surface area contributed by atoms with Crippen LogP contribution in [0, 0.1) is 0 Å². The second-order valence-electron chi connectivity index (χ2n) is 9.89. The maximum atomic E-state index is 13.4. The maximum absolute atomic E-state index is 13.4. The second kappa shape index (κ2) is 9.41. The van der Waals surface area contributed by atoms with Crippen molar-refractivity contribution < 1.29 is 19.1 Å². The zero-order valence-corrected chi connectivity index (χ0v) is 20.5. The third-order valence-electron chi connectivity index (χ3n) is 6.11.